The highest BCUT2D eigenvalue weighted by atomic mass is 16.5. The van der Waals surface area contributed by atoms with Crippen LogP contribution < -0.4 is 16.0 Å². The van der Waals surface area contributed by atoms with E-state index in [2.05, 4.69) is 6.92 Å². The summed E-state index contributed by atoms with van der Waals surface area (Å²) in [5.41, 5.74) is -1.24. The van der Waals surface area contributed by atoms with Gasteiger partial charge in [-0.25, -0.2) is 9.59 Å². The number of rotatable bonds is 9. The molecule has 0 fully saturated rings. The zero-order valence-corrected chi connectivity index (χ0v) is 21.0. The molecule has 7 heteroatoms. The molecule has 0 atom stereocenters. The summed E-state index contributed by atoms with van der Waals surface area (Å²) < 4.78 is 17.2. The normalized spacial score (nSPS) is 11.4. The molecule has 2 heterocycles. The molecule has 0 spiro atoms. The van der Waals surface area contributed by atoms with Crippen molar-refractivity contribution in [3.63, 3.8) is 0 Å². The lowest BCUT2D eigenvalue weighted by molar-refractivity contribution is 0.301. The topological polar surface area (TPSA) is 110 Å². The molecular formula is C31H28O7. The minimum Gasteiger partial charge on any atom is -0.507 e. The Kier molecular flexibility index (Phi) is 7.18. The molecule has 0 saturated carbocycles. The van der Waals surface area contributed by atoms with Gasteiger partial charge >= 0.3 is 11.3 Å². The van der Waals surface area contributed by atoms with Gasteiger partial charge in [0.05, 0.1) is 34.4 Å². The Morgan fingerprint density at radius 2 is 1.24 bits per heavy atom. The Balaban J connectivity index is 1.77. The number of hydrogen-bond acceptors (Lipinski definition) is 7. The van der Waals surface area contributed by atoms with Gasteiger partial charge in [-0.2, -0.15) is 0 Å². The van der Waals surface area contributed by atoms with Gasteiger partial charge in [-0.15, -0.1) is 0 Å². The van der Waals surface area contributed by atoms with Crippen LogP contribution in [0.5, 0.6) is 17.2 Å². The molecule has 0 radical (unpaired) electrons. The van der Waals surface area contributed by atoms with Gasteiger partial charge in [-0.05, 0) is 36.8 Å². The molecule has 0 amide bonds. The van der Waals surface area contributed by atoms with Gasteiger partial charge in [-0.1, -0.05) is 68.7 Å². The van der Waals surface area contributed by atoms with Crippen LogP contribution in [-0.4, -0.2) is 16.8 Å². The van der Waals surface area contributed by atoms with Crippen LogP contribution in [0.25, 0.3) is 21.9 Å². The van der Waals surface area contributed by atoms with Gasteiger partial charge in [0.15, 0.2) is 0 Å². The minimum atomic E-state index is -1.23. The number of aromatic hydroxyl groups is 2. The average Bonchev–Trinajstić information content (AvgIpc) is 2.92. The third kappa shape index (κ3) is 4.63. The Bertz CT molecular complexity index is 1610. The van der Waals surface area contributed by atoms with Crippen molar-refractivity contribution >= 4 is 21.9 Å². The van der Waals surface area contributed by atoms with Gasteiger partial charge in [0.1, 0.15) is 28.4 Å². The molecule has 5 rings (SSSR count). The highest BCUT2D eigenvalue weighted by Crippen LogP contribution is 2.44. The molecule has 0 aliphatic heterocycles. The second kappa shape index (κ2) is 10.8. The van der Waals surface area contributed by atoms with E-state index < -0.39 is 17.2 Å². The van der Waals surface area contributed by atoms with Crippen LogP contribution >= 0.6 is 0 Å². The first kappa shape index (κ1) is 25.1. The van der Waals surface area contributed by atoms with Crippen molar-refractivity contribution in [2.24, 2.45) is 0 Å². The van der Waals surface area contributed by atoms with Crippen molar-refractivity contribution in [3.05, 3.63) is 110 Å². The first-order chi connectivity index (χ1) is 18.5. The van der Waals surface area contributed by atoms with Crippen molar-refractivity contribution < 1.29 is 23.8 Å². The minimum absolute atomic E-state index is 0.191. The number of para-hydroxylation sites is 3. The smallest absolute Gasteiger partial charge is 0.344 e. The van der Waals surface area contributed by atoms with E-state index >= 15 is 0 Å². The quantitative estimate of drug-likeness (QED) is 0.172. The average molecular weight is 513 g/mol. The van der Waals surface area contributed by atoms with Gasteiger partial charge in [0, 0.05) is 5.56 Å². The summed E-state index contributed by atoms with van der Waals surface area (Å²) in [6.45, 7) is 2.56. The number of ether oxygens (including phenoxy) is 1. The van der Waals surface area contributed by atoms with E-state index in [9.17, 15) is 19.8 Å². The highest BCUT2D eigenvalue weighted by molar-refractivity contribution is 5.87. The van der Waals surface area contributed by atoms with Crippen LogP contribution in [0.3, 0.4) is 0 Å². The predicted octanol–water partition coefficient (Wildman–Crippen LogP) is 6.45. The zero-order valence-electron chi connectivity index (χ0n) is 21.0. The molecule has 5 aromatic rings. The van der Waals surface area contributed by atoms with E-state index in [1.54, 1.807) is 72.8 Å². The molecule has 0 unspecified atom stereocenters. The van der Waals surface area contributed by atoms with Gasteiger partial charge in [0.2, 0.25) is 0 Å². The van der Waals surface area contributed by atoms with Crippen molar-refractivity contribution in [1.29, 1.82) is 0 Å². The molecule has 0 bridgehead atoms. The molecule has 2 N–H and O–H groups in total. The fraction of sp³-hybridized carbons (Fsp3) is 0.226. The summed E-state index contributed by atoms with van der Waals surface area (Å²) in [4.78, 5) is 26.8. The summed E-state index contributed by atoms with van der Waals surface area (Å²) in [5.74, 6) is -1.49. The molecule has 7 nitrogen and oxygen atoms in total. The van der Waals surface area contributed by atoms with E-state index in [1.165, 1.54) is 0 Å². The number of fused-ring (bicyclic) bond motifs is 2. The third-order valence-electron chi connectivity index (χ3n) is 6.70. The lowest BCUT2D eigenvalue weighted by atomic mass is 9.84. The van der Waals surface area contributed by atoms with Crippen molar-refractivity contribution in [1.82, 2.24) is 0 Å². The molecule has 0 aliphatic rings. The fourth-order valence-corrected chi connectivity index (χ4v) is 4.82. The lowest BCUT2D eigenvalue weighted by Crippen LogP contribution is -2.22. The van der Waals surface area contributed by atoms with E-state index in [-0.39, 0.29) is 33.8 Å². The van der Waals surface area contributed by atoms with E-state index in [4.69, 9.17) is 13.6 Å². The maximum absolute atomic E-state index is 13.4. The van der Waals surface area contributed by atoms with E-state index in [1.807, 2.05) is 0 Å². The Morgan fingerprint density at radius 3 is 1.82 bits per heavy atom. The SMILES string of the molecule is CCCCCCOc1ccccc1C(c1c(O)c2ccccc2oc1=O)c1c(O)c2ccccc2oc1=O. The van der Waals surface area contributed by atoms with Gasteiger partial charge in [0.25, 0.3) is 0 Å². The standard InChI is InChI=1S/C31H28O7/c1-2-3-4-11-18-36-22-15-8-5-12-19(22)25(26-28(32)20-13-6-9-16-23(20)37-30(26)34)27-29(33)21-14-7-10-17-24(21)38-31(27)35/h5-10,12-17,25,32-33H,2-4,11,18H2,1H3. The summed E-state index contributed by atoms with van der Waals surface area (Å²) in [5, 5.41) is 23.3. The monoisotopic (exact) mass is 512 g/mol. The Morgan fingerprint density at radius 1 is 0.711 bits per heavy atom. The lowest BCUT2D eigenvalue weighted by Gasteiger charge is -2.22. The molecular weight excluding hydrogens is 484 g/mol. The Hall–Kier alpha value is -4.52. The van der Waals surface area contributed by atoms with Gasteiger partial charge in [-0.3, -0.25) is 0 Å². The second-order valence-corrected chi connectivity index (χ2v) is 9.18. The maximum Gasteiger partial charge on any atom is 0.344 e. The summed E-state index contributed by atoms with van der Waals surface area (Å²) in [6.07, 6.45) is 4.02. The number of hydrogen-bond donors (Lipinski definition) is 2. The van der Waals surface area contributed by atoms with Gasteiger partial charge < -0.3 is 23.8 Å². The fourth-order valence-electron chi connectivity index (χ4n) is 4.82. The largest absolute Gasteiger partial charge is 0.507 e. The third-order valence-corrected chi connectivity index (χ3v) is 6.70. The van der Waals surface area contributed by atoms with Crippen LogP contribution in [0.1, 0.15) is 55.2 Å². The Labute approximate surface area is 218 Å². The maximum atomic E-state index is 13.4. The van der Waals surface area contributed by atoms with Crippen molar-refractivity contribution in [2.75, 3.05) is 6.61 Å². The molecule has 38 heavy (non-hydrogen) atoms. The van der Waals surface area contributed by atoms with Crippen molar-refractivity contribution in [3.8, 4) is 17.2 Å². The summed E-state index contributed by atoms with van der Waals surface area (Å²) in [7, 11) is 0. The van der Waals surface area contributed by atoms with Crippen LogP contribution in [0.4, 0.5) is 0 Å². The number of benzene rings is 3. The molecule has 194 valence electrons. The van der Waals surface area contributed by atoms with Crippen molar-refractivity contribution in [2.45, 2.75) is 38.5 Å². The zero-order chi connectivity index (χ0) is 26.6. The molecule has 3 aromatic carbocycles. The van der Waals surface area contributed by atoms with Crippen LogP contribution in [-0.2, 0) is 0 Å². The van der Waals surface area contributed by atoms with Crippen LogP contribution in [0, 0.1) is 0 Å². The first-order valence-electron chi connectivity index (χ1n) is 12.7. The molecule has 2 aromatic heterocycles. The van der Waals surface area contributed by atoms with E-state index in [0.717, 1.165) is 25.7 Å². The first-order valence-corrected chi connectivity index (χ1v) is 12.7. The summed E-state index contributed by atoms with van der Waals surface area (Å²) >= 11 is 0. The van der Waals surface area contributed by atoms with E-state index in [0.29, 0.717) is 28.7 Å². The van der Waals surface area contributed by atoms with Crippen LogP contribution in [0.2, 0.25) is 0 Å². The highest BCUT2D eigenvalue weighted by Gasteiger charge is 2.34. The number of unbranched alkanes of at least 4 members (excludes halogenated alkanes) is 3. The predicted molar refractivity (Wildman–Crippen MR) is 145 cm³/mol. The second-order valence-electron chi connectivity index (χ2n) is 9.18. The van der Waals surface area contributed by atoms with Crippen LogP contribution in [0.15, 0.2) is 91.2 Å². The summed E-state index contributed by atoms with van der Waals surface area (Å²) in [6, 6.07) is 20.1. The molecule has 0 aliphatic carbocycles. The molecule has 0 saturated heterocycles.